The number of Topliss-reactive ketones (excluding diaryl/α,β-unsaturated/α-hetero) is 2. The first-order chi connectivity index (χ1) is 13.4. The minimum absolute atomic E-state index is 0.184. The molecule has 0 heterocycles. The molecule has 6 heteroatoms. The van der Waals surface area contributed by atoms with E-state index >= 15 is 0 Å². The fraction of sp³-hybridized carbons (Fsp3) is 0.318. The molecule has 0 radical (unpaired) electrons. The van der Waals surface area contributed by atoms with Crippen LogP contribution in [0.4, 0.5) is 0 Å². The fourth-order valence-electron chi connectivity index (χ4n) is 2.82. The summed E-state index contributed by atoms with van der Waals surface area (Å²) in [6, 6.07) is 13.0. The van der Waals surface area contributed by atoms with Gasteiger partial charge >= 0.3 is 5.97 Å². The maximum absolute atomic E-state index is 13.2. The summed E-state index contributed by atoms with van der Waals surface area (Å²) >= 11 is 0. The number of nitrogens with one attached hydrogen (secondary N) is 1. The van der Waals surface area contributed by atoms with Crippen LogP contribution in [0.25, 0.3) is 0 Å². The zero-order chi connectivity index (χ0) is 20.7. The first-order valence-corrected chi connectivity index (χ1v) is 9.00. The number of hydrogen-bond acceptors (Lipinski definition) is 6. The van der Waals surface area contributed by atoms with Gasteiger partial charge in [0.15, 0.2) is 11.6 Å². The van der Waals surface area contributed by atoms with Crippen LogP contribution in [-0.4, -0.2) is 43.8 Å². The van der Waals surface area contributed by atoms with Gasteiger partial charge in [0.1, 0.15) is 17.8 Å². The molecule has 0 amide bonds. The van der Waals surface area contributed by atoms with E-state index in [2.05, 4.69) is 5.32 Å². The van der Waals surface area contributed by atoms with Gasteiger partial charge in [0.25, 0.3) is 0 Å². The summed E-state index contributed by atoms with van der Waals surface area (Å²) in [6.07, 6.45) is 0. The molecule has 2 aromatic rings. The van der Waals surface area contributed by atoms with Crippen LogP contribution in [0.5, 0.6) is 5.75 Å². The second-order valence-electron chi connectivity index (χ2n) is 6.67. The van der Waals surface area contributed by atoms with Gasteiger partial charge in [-0.1, -0.05) is 56.3 Å². The van der Waals surface area contributed by atoms with E-state index in [0.29, 0.717) is 16.9 Å². The van der Waals surface area contributed by atoms with Crippen LogP contribution in [0.15, 0.2) is 54.6 Å². The Labute approximate surface area is 164 Å². The summed E-state index contributed by atoms with van der Waals surface area (Å²) < 4.78 is 10.0. The maximum atomic E-state index is 13.2. The second kappa shape index (κ2) is 9.80. The van der Waals surface area contributed by atoms with Crippen LogP contribution in [-0.2, 0) is 9.53 Å². The van der Waals surface area contributed by atoms with Crippen molar-refractivity contribution in [3.63, 3.8) is 0 Å². The third-order valence-electron chi connectivity index (χ3n) is 4.40. The molecule has 0 spiro atoms. The Morgan fingerprint density at radius 1 is 0.857 bits per heavy atom. The quantitative estimate of drug-likeness (QED) is 0.407. The standard InChI is InChI=1S/C22H25NO5/c1-14(2)18(22(26)28-4)23-19(20(24)15-9-6-5-7-10-15)21(25)16-11-8-12-17(13-16)27-3/h5-14,18-19,23H,1-4H3. The topological polar surface area (TPSA) is 81.7 Å². The minimum Gasteiger partial charge on any atom is -0.497 e. The number of ether oxygens (including phenoxy) is 2. The Morgan fingerprint density at radius 2 is 1.46 bits per heavy atom. The van der Waals surface area contributed by atoms with Crippen molar-refractivity contribution in [3.05, 3.63) is 65.7 Å². The van der Waals surface area contributed by atoms with Crippen molar-refractivity contribution < 1.29 is 23.9 Å². The number of rotatable bonds is 9. The Hall–Kier alpha value is -2.99. The summed E-state index contributed by atoms with van der Waals surface area (Å²) in [5, 5.41) is 2.92. The van der Waals surface area contributed by atoms with Crippen molar-refractivity contribution in [2.45, 2.75) is 25.9 Å². The Bertz CT molecular complexity index is 832. The van der Waals surface area contributed by atoms with E-state index in [1.807, 2.05) is 13.8 Å². The fourth-order valence-corrected chi connectivity index (χ4v) is 2.82. The first-order valence-electron chi connectivity index (χ1n) is 9.00. The van der Waals surface area contributed by atoms with E-state index in [-0.39, 0.29) is 5.92 Å². The minimum atomic E-state index is -1.24. The highest BCUT2D eigenvalue weighted by Gasteiger charge is 2.34. The van der Waals surface area contributed by atoms with E-state index in [0.717, 1.165) is 0 Å². The molecule has 0 aliphatic rings. The van der Waals surface area contributed by atoms with Crippen molar-refractivity contribution in [2.24, 2.45) is 5.92 Å². The third-order valence-corrected chi connectivity index (χ3v) is 4.40. The summed E-state index contributed by atoms with van der Waals surface area (Å²) in [5.41, 5.74) is 0.692. The Kier molecular flexibility index (Phi) is 7.46. The van der Waals surface area contributed by atoms with Crippen molar-refractivity contribution >= 4 is 17.5 Å². The molecule has 2 aromatic carbocycles. The zero-order valence-corrected chi connectivity index (χ0v) is 16.5. The molecule has 28 heavy (non-hydrogen) atoms. The molecule has 148 valence electrons. The number of ketones is 2. The molecule has 6 nitrogen and oxygen atoms in total. The zero-order valence-electron chi connectivity index (χ0n) is 16.5. The largest absolute Gasteiger partial charge is 0.497 e. The molecule has 0 saturated heterocycles. The van der Waals surface area contributed by atoms with Gasteiger partial charge < -0.3 is 9.47 Å². The van der Waals surface area contributed by atoms with E-state index in [1.165, 1.54) is 14.2 Å². The first kappa shape index (κ1) is 21.3. The van der Waals surface area contributed by atoms with Crippen LogP contribution in [0.2, 0.25) is 0 Å². The summed E-state index contributed by atoms with van der Waals surface area (Å²) in [4.78, 5) is 38.5. The summed E-state index contributed by atoms with van der Waals surface area (Å²) in [7, 11) is 2.78. The van der Waals surface area contributed by atoms with Crippen LogP contribution in [0.3, 0.4) is 0 Å². The Morgan fingerprint density at radius 3 is 2.04 bits per heavy atom. The van der Waals surface area contributed by atoms with Crippen molar-refractivity contribution in [3.8, 4) is 5.75 Å². The van der Waals surface area contributed by atoms with Crippen LogP contribution in [0, 0.1) is 5.92 Å². The van der Waals surface area contributed by atoms with Crippen molar-refractivity contribution in [1.82, 2.24) is 5.32 Å². The van der Waals surface area contributed by atoms with E-state index in [1.54, 1.807) is 54.6 Å². The van der Waals surface area contributed by atoms with E-state index < -0.39 is 29.6 Å². The van der Waals surface area contributed by atoms with Crippen LogP contribution < -0.4 is 10.1 Å². The van der Waals surface area contributed by atoms with E-state index in [9.17, 15) is 14.4 Å². The molecule has 1 N–H and O–H groups in total. The van der Waals surface area contributed by atoms with Gasteiger partial charge in [-0.2, -0.15) is 0 Å². The summed E-state index contributed by atoms with van der Waals surface area (Å²) in [5.74, 6) is -1.06. The molecule has 0 aliphatic carbocycles. The van der Waals surface area contributed by atoms with Gasteiger partial charge in [-0.25, -0.2) is 0 Å². The number of methoxy groups -OCH3 is 2. The number of carbonyl (C=O) groups excluding carboxylic acids is 3. The van der Waals surface area contributed by atoms with Gasteiger partial charge in [0.05, 0.1) is 14.2 Å². The molecule has 0 saturated carbocycles. The predicted molar refractivity (Wildman–Crippen MR) is 106 cm³/mol. The van der Waals surface area contributed by atoms with Gasteiger partial charge in [-0.15, -0.1) is 0 Å². The predicted octanol–water partition coefficient (Wildman–Crippen LogP) is 2.92. The van der Waals surface area contributed by atoms with E-state index in [4.69, 9.17) is 9.47 Å². The normalized spacial score (nSPS) is 12.9. The molecule has 0 aliphatic heterocycles. The molecule has 2 atom stereocenters. The lowest BCUT2D eigenvalue weighted by molar-refractivity contribution is -0.144. The van der Waals surface area contributed by atoms with Gasteiger partial charge in [0, 0.05) is 11.1 Å². The average Bonchev–Trinajstić information content (AvgIpc) is 2.73. The molecule has 0 fully saturated rings. The molecular formula is C22H25NO5. The van der Waals surface area contributed by atoms with Gasteiger partial charge in [-0.05, 0) is 18.1 Å². The lowest BCUT2D eigenvalue weighted by Crippen LogP contribution is -2.53. The number of esters is 1. The maximum Gasteiger partial charge on any atom is 0.323 e. The van der Waals surface area contributed by atoms with Gasteiger partial charge in [0.2, 0.25) is 0 Å². The summed E-state index contributed by atoms with van der Waals surface area (Å²) in [6.45, 7) is 3.63. The number of carbonyl (C=O) groups is 3. The van der Waals surface area contributed by atoms with Crippen LogP contribution in [0.1, 0.15) is 34.6 Å². The highest BCUT2D eigenvalue weighted by Crippen LogP contribution is 2.17. The van der Waals surface area contributed by atoms with Crippen molar-refractivity contribution in [1.29, 1.82) is 0 Å². The molecule has 0 bridgehead atoms. The highest BCUT2D eigenvalue weighted by molar-refractivity contribution is 6.19. The SMILES string of the molecule is COC(=O)C(NC(C(=O)c1ccccc1)C(=O)c1cccc(OC)c1)C(C)C. The third kappa shape index (κ3) is 5.04. The number of benzene rings is 2. The molecular weight excluding hydrogens is 358 g/mol. The van der Waals surface area contributed by atoms with Gasteiger partial charge in [-0.3, -0.25) is 19.7 Å². The Balaban J connectivity index is 2.44. The second-order valence-corrected chi connectivity index (χ2v) is 6.67. The monoisotopic (exact) mass is 383 g/mol. The molecule has 0 aromatic heterocycles. The average molecular weight is 383 g/mol. The molecule has 2 unspecified atom stereocenters. The molecule has 2 rings (SSSR count). The lowest BCUT2D eigenvalue weighted by atomic mass is 9.93. The smallest absolute Gasteiger partial charge is 0.323 e. The number of hydrogen-bond donors (Lipinski definition) is 1. The highest BCUT2D eigenvalue weighted by atomic mass is 16.5. The van der Waals surface area contributed by atoms with Crippen LogP contribution >= 0.6 is 0 Å². The lowest BCUT2D eigenvalue weighted by Gasteiger charge is -2.25. The van der Waals surface area contributed by atoms with Crippen molar-refractivity contribution in [2.75, 3.05) is 14.2 Å².